The lowest BCUT2D eigenvalue weighted by Crippen LogP contribution is -2.27. The number of hydrogen-bond acceptors (Lipinski definition) is 3. The van der Waals surface area contributed by atoms with Crippen molar-refractivity contribution in [3.05, 3.63) is 23.5 Å². The van der Waals surface area contributed by atoms with Gasteiger partial charge in [-0.1, -0.05) is 13.3 Å². The minimum absolute atomic E-state index is 0.245. The van der Waals surface area contributed by atoms with E-state index in [1.165, 1.54) is 0 Å². The van der Waals surface area contributed by atoms with E-state index in [1.54, 1.807) is 11.3 Å². The lowest BCUT2D eigenvalue weighted by Gasteiger charge is -2.17. The third-order valence-electron chi connectivity index (χ3n) is 2.88. The van der Waals surface area contributed by atoms with Crippen molar-refractivity contribution in [2.75, 3.05) is 0 Å². The van der Waals surface area contributed by atoms with E-state index < -0.39 is 0 Å². The fourth-order valence-electron chi connectivity index (χ4n) is 1.85. The van der Waals surface area contributed by atoms with Gasteiger partial charge in [-0.05, 0) is 19.3 Å². The highest BCUT2D eigenvalue weighted by atomic mass is 32.1. The lowest BCUT2D eigenvalue weighted by atomic mass is 9.94. The van der Waals surface area contributed by atoms with Crippen molar-refractivity contribution < 1.29 is 0 Å². The van der Waals surface area contributed by atoms with E-state index in [2.05, 4.69) is 34.8 Å². The average Bonchev–Trinajstić information content (AvgIpc) is 2.72. The minimum atomic E-state index is 0.245. The fraction of sp³-hybridized carbons (Fsp3) is 0.545. The van der Waals surface area contributed by atoms with Gasteiger partial charge in [0.2, 0.25) is 0 Å². The van der Waals surface area contributed by atoms with Crippen molar-refractivity contribution >= 4 is 16.3 Å². The van der Waals surface area contributed by atoms with Crippen LogP contribution >= 0.6 is 11.3 Å². The molecule has 4 heteroatoms. The van der Waals surface area contributed by atoms with Gasteiger partial charge in [-0.3, -0.25) is 4.40 Å². The number of aromatic nitrogens is 2. The Morgan fingerprint density at radius 3 is 3.00 bits per heavy atom. The number of nitrogens with zero attached hydrogens (tertiary/aromatic N) is 2. The molecule has 82 valence electrons. The maximum atomic E-state index is 5.93. The molecule has 2 aromatic heterocycles. The molecule has 0 spiro atoms. The molecule has 15 heavy (non-hydrogen) atoms. The van der Waals surface area contributed by atoms with Crippen LogP contribution in [0.15, 0.2) is 17.8 Å². The molecular formula is C11H17N3S. The van der Waals surface area contributed by atoms with Crippen molar-refractivity contribution in [3.63, 3.8) is 0 Å². The van der Waals surface area contributed by atoms with Gasteiger partial charge >= 0.3 is 0 Å². The van der Waals surface area contributed by atoms with Crippen LogP contribution in [0.25, 0.3) is 4.96 Å². The van der Waals surface area contributed by atoms with Crippen molar-refractivity contribution in [1.29, 1.82) is 0 Å². The highest BCUT2D eigenvalue weighted by Gasteiger charge is 2.14. The smallest absolute Gasteiger partial charge is 0.193 e. The Hall–Kier alpha value is -0.870. The molecule has 0 aliphatic carbocycles. The zero-order valence-electron chi connectivity index (χ0n) is 9.18. The summed E-state index contributed by atoms with van der Waals surface area (Å²) in [6.45, 7) is 4.26. The van der Waals surface area contributed by atoms with Crippen molar-refractivity contribution in [1.82, 2.24) is 9.38 Å². The van der Waals surface area contributed by atoms with Crippen LogP contribution in [0.1, 0.15) is 26.0 Å². The second-order valence-corrected chi connectivity index (χ2v) is 4.93. The predicted molar refractivity (Wildman–Crippen MR) is 64.2 cm³/mol. The molecule has 0 aromatic carbocycles. The Morgan fingerprint density at radius 2 is 2.40 bits per heavy atom. The van der Waals surface area contributed by atoms with Crippen LogP contribution in [0.4, 0.5) is 0 Å². The zero-order valence-corrected chi connectivity index (χ0v) is 10.00. The van der Waals surface area contributed by atoms with Gasteiger partial charge in [0, 0.05) is 23.8 Å². The lowest BCUT2D eigenvalue weighted by molar-refractivity contribution is 0.424. The predicted octanol–water partition coefficient (Wildman–Crippen LogP) is 2.31. The van der Waals surface area contributed by atoms with E-state index in [9.17, 15) is 0 Å². The maximum absolute atomic E-state index is 5.93. The van der Waals surface area contributed by atoms with Crippen LogP contribution in [-0.4, -0.2) is 15.4 Å². The van der Waals surface area contributed by atoms with Crippen LogP contribution in [0.2, 0.25) is 0 Å². The molecule has 3 nitrogen and oxygen atoms in total. The maximum Gasteiger partial charge on any atom is 0.193 e. The summed E-state index contributed by atoms with van der Waals surface area (Å²) in [5.41, 5.74) is 7.09. The van der Waals surface area contributed by atoms with E-state index in [4.69, 9.17) is 5.73 Å². The number of rotatable bonds is 4. The number of imidazole rings is 1. The van der Waals surface area contributed by atoms with Gasteiger partial charge in [0.25, 0.3) is 0 Å². The molecule has 2 heterocycles. The number of fused-ring (bicyclic) bond motifs is 1. The molecule has 0 saturated heterocycles. The van der Waals surface area contributed by atoms with Crippen LogP contribution < -0.4 is 5.73 Å². The zero-order chi connectivity index (χ0) is 10.8. The Balaban J connectivity index is 2.14. The molecule has 0 aliphatic heterocycles. The van der Waals surface area contributed by atoms with Gasteiger partial charge in [-0.15, -0.1) is 11.3 Å². The second-order valence-electron chi connectivity index (χ2n) is 4.06. The standard InChI is InChI=1S/C11H17N3S/c1-3-9(8(2)12)6-10-7-14-4-5-15-11(14)13-10/h4-5,7-9H,3,6,12H2,1-2H3. The Morgan fingerprint density at radius 1 is 1.60 bits per heavy atom. The molecule has 0 bridgehead atoms. The monoisotopic (exact) mass is 223 g/mol. The van der Waals surface area contributed by atoms with Crippen molar-refractivity contribution in [2.24, 2.45) is 11.7 Å². The molecule has 0 radical (unpaired) electrons. The normalized spacial score (nSPS) is 15.7. The molecule has 2 unspecified atom stereocenters. The van der Waals surface area contributed by atoms with Gasteiger partial charge < -0.3 is 5.73 Å². The molecule has 0 fully saturated rings. The van der Waals surface area contributed by atoms with E-state index in [0.717, 1.165) is 23.5 Å². The SMILES string of the molecule is CCC(Cc1cn2ccsc2n1)C(C)N. The summed E-state index contributed by atoms with van der Waals surface area (Å²) in [7, 11) is 0. The van der Waals surface area contributed by atoms with Crippen molar-refractivity contribution in [2.45, 2.75) is 32.7 Å². The number of nitrogens with two attached hydrogens (primary N) is 1. The fourth-order valence-corrected chi connectivity index (χ4v) is 2.56. The summed E-state index contributed by atoms with van der Waals surface area (Å²) >= 11 is 1.67. The summed E-state index contributed by atoms with van der Waals surface area (Å²) in [6.07, 6.45) is 6.26. The second kappa shape index (κ2) is 4.33. The largest absolute Gasteiger partial charge is 0.328 e. The first-order chi connectivity index (χ1) is 7.20. The van der Waals surface area contributed by atoms with Gasteiger partial charge in [0.15, 0.2) is 4.96 Å². The summed E-state index contributed by atoms with van der Waals surface area (Å²) in [5.74, 6) is 0.537. The third kappa shape index (κ3) is 2.21. The third-order valence-corrected chi connectivity index (χ3v) is 3.65. The molecule has 2 rings (SSSR count). The van der Waals surface area contributed by atoms with Gasteiger partial charge in [-0.2, -0.15) is 0 Å². The van der Waals surface area contributed by atoms with Gasteiger partial charge in [0.1, 0.15) is 0 Å². The number of hydrogen-bond donors (Lipinski definition) is 1. The molecule has 2 atom stereocenters. The van der Waals surface area contributed by atoms with E-state index >= 15 is 0 Å². The average molecular weight is 223 g/mol. The first-order valence-electron chi connectivity index (χ1n) is 5.37. The highest BCUT2D eigenvalue weighted by Crippen LogP contribution is 2.17. The molecule has 0 aliphatic rings. The Labute approximate surface area is 93.9 Å². The Kier molecular flexibility index (Phi) is 3.07. The van der Waals surface area contributed by atoms with Crippen LogP contribution in [0.3, 0.4) is 0 Å². The van der Waals surface area contributed by atoms with E-state index in [-0.39, 0.29) is 6.04 Å². The van der Waals surface area contributed by atoms with E-state index in [1.807, 2.05) is 6.20 Å². The molecular weight excluding hydrogens is 206 g/mol. The first kappa shape index (κ1) is 10.6. The van der Waals surface area contributed by atoms with Gasteiger partial charge in [0.05, 0.1) is 5.69 Å². The topological polar surface area (TPSA) is 43.3 Å². The summed E-state index contributed by atoms with van der Waals surface area (Å²) in [5, 5.41) is 2.05. The molecule has 2 N–H and O–H groups in total. The molecule has 0 saturated carbocycles. The summed E-state index contributed by atoms with van der Waals surface area (Å²) in [4.78, 5) is 5.64. The molecule has 2 aromatic rings. The summed E-state index contributed by atoms with van der Waals surface area (Å²) in [6, 6.07) is 0.245. The van der Waals surface area contributed by atoms with E-state index in [0.29, 0.717) is 5.92 Å². The van der Waals surface area contributed by atoms with Crippen LogP contribution in [-0.2, 0) is 6.42 Å². The number of thiazole rings is 1. The van der Waals surface area contributed by atoms with Gasteiger partial charge in [-0.25, -0.2) is 4.98 Å². The molecule has 0 amide bonds. The van der Waals surface area contributed by atoms with Crippen LogP contribution in [0, 0.1) is 5.92 Å². The highest BCUT2D eigenvalue weighted by molar-refractivity contribution is 7.15. The van der Waals surface area contributed by atoms with Crippen molar-refractivity contribution in [3.8, 4) is 0 Å². The summed E-state index contributed by atoms with van der Waals surface area (Å²) < 4.78 is 2.08. The first-order valence-corrected chi connectivity index (χ1v) is 6.25. The quantitative estimate of drug-likeness (QED) is 0.864. The Bertz CT molecular complexity index is 401. The van der Waals surface area contributed by atoms with Crippen LogP contribution in [0.5, 0.6) is 0 Å². The minimum Gasteiger partial charge on any atom is -0.328 e.